The second-order valence-corrected chi connectivity index (χ2v) is 12.1. The van der Waals surface area contributed by atoms with Gasteiger partial charge in [0, 0.05) is 0 Å². The second kappa shape index (κ2) is 16.0. The van der Waals surface area contributed by atoms with Gasteiger partial charge in [-0.15, -0.1) is 39.7 Å². The van der Waals surface area contributed by atoms with Crippen LogP contribution in [0.2, 0.25) is 0 Å². The molecular formula is C41H44Zr. The van der Waals surface area contributed by atoms with E-state index < -0.39 is 0 Å². The van der Waals surface area contributed by atoms with Crippen LogP contribution in [0.5, 0.6) is 0 Å². The molecule has 1 aliphatic rings. The minimum atomic E-state index is 0.634. The van der Waals surface area contributed by atoms with Crippen LogP contribution in [0.4, 0.5) is 0 Å². The van der Waals surface area contributed by atoms with Gasteiger partial charge in [0.05, 0.1) is 0 Å². The molecule has 0 saturated carbocycles. The molecule has 42 heavy (non-hydrogen) atoms. The van der Waals surface area contributed by atoms with E-state index in [1.807, 2.05) is 0 Å². The molecule has 0 nitrogen and oxygen atoms in total. The molecule has 0 radical (unpaired) electrons. The summed E-state index contributed by atoms with van der Waals surface area (Å²) in [6, 6.07) is 37.1. The Kier molecular flexibility index (Phi) is 12.2. The molecule has 5 aromatic carbocycles. The van der Waals surface area contributed by atoms with E-state index in [1.54, 1.807) is 5.57 Å². The molecule has 0 amide bonds. The molecule has 1 atom stereocenters. The van der Waals surface area contributed by atoms with E-state index in [2.05, 4.69) is 150 Å². The van der Waals surface area contributed by atoms with Crippen LogP contribution in [0, 0.1) is 12.0 Å². The van der Waals surface area contributed by atoms with Crippen molar-refractivity contribution in [3.63, 3.8) is 0 Å². The standard InChI is InChI=1S/C17H17.C13H10.C11H17.Zr/c1-3-12-5-7-16-14(9-12)11-15-10-13(4-2)6-8-17(15)16;1-3-7-12(8-4-1)11-13-9-5-2-6-10-13;1-4-9-7-8-10(5-2)11(9)6-3;/h5-11H,3-4H2,1-2H3;1-10H;7,10H,4-6H2,1-3H3;/q-1;;-1;+2. The van der Waals surface area contributed by atoms with Gasteiger partial charge in [0.15, 0.2) is 0 Å². The number of fused-ring (bicyclic) bond motifs is 3. The van der Waals surface area contributed by atoms with Crippen molar-refractivity contribution in [3.05, 3.63) is 149 Å². The van der Waals surface area contributed by atoms with Crippen molar-refractivity contribution in [1.29, 1.82) is 0 Å². The molecule has 1 aliphatic carbocycles. The van der Waals surface area contributed by atoms with Gasteiger partial charge >= 0.3 is 99.2 Å². The third-order valence-electron chi connectivity index (χ3n) is 8.24. The van der Waals surface area contributed by atoms with E-state index in [0.29, 0.717) is 5.92 Å². The van der Waals surface area contributed by atoms with Crippen molar-refractivity contribution in [2.24, 2.45) is 5.92 Å². The van der Waals surface area contributed by atoms with Crippen molar-refractivity contribution in [3.8, 4) is 0 Å². The zero-order valence-electron chi connectivity index (χ0n) is 26.0. The van der Waals surface area contributed by atoms with Gasteiger partial charge in [0.2, 0.25) is 0 Å². The number of benzene rings is 4. The van der Waals surface area contributed by atoms with Crippen LogP contribution < -0.4 is 0 Å². The van der Waals surface area contributed by atoms with Crippen molar-refractivity contribution >= 4 is 24.8 Å². The normalized spacial score (nSPS) is 14.0. The van der Waals surface area contributed by atoms with Gasteiger partial charge < -0.3 is 0 Å². The van der Waals surface area contributed by atoms with Crippen LogP contribution in [0.15, 0.2) is 120 Å². The van der Waals surface area contributed by atoms with E-state index in [9.17, 15) is 0 Å². The van der Waals surface area contributed by atoms with Gasteiger partial charge in [-0.25, -0.2) is 6.08 Å². The van der Waals surface area contributed by atoms with Crippen LogP contribution in [-0.2, 0) is 37.1 Å². The number of allylic oxidation sites excluding steroid dienone is 4. The summed E-state index contributed by atoms with van der Waals surface area (Å²) in [5.74, 6) is 0.634. The summed E-state index contributed by atoms with van der Waals surface area (Å²) in [6.45, 7) is 11.1. The summed E-state index contributed by atoms with van der Waals surface area (Å²) >= 11 is 1.46. The first kappa shape index (κ1) is 31.9. The summed E-state index contributed by atoms with van der Waals surface area (Å²) in [5, 5.41) is 5.54. The minimum absolute atomic E-state index is 0.634. The maximum absolute atomic E-state index is 3.41. The number of rotatable bonds is 7. The van der Waals surface area contributed by atoms with Crippen LogP contribution in [0.25, 0.3) is 21.5 Å². The van der Waals surface area contributed by atoms with E-state index in [4.69, 9.17) is 0 Å². The predicted molar refractivity (Wildman–Crippen MR) is 181 cm³/mol. The summed E-state index contributed by atoms with van der Waals surface area (Å²) in [6.07, 6.45) is 11.4. The van der Waals surface area contributed by atoms with E-state index >= 15 is 0 Å². The molecule has 0 fully saturated rings. The average molecular weight is 628 g/mol. The fourth-order valence-electron chi connectivity index (χ4n) is 5.72. The molecule has 212 valence electrons. The van der Waals surface area contributed by atoms with Gasteiger partial charge in [-0.3, -0.25) is 6.08 Å². The maximum atomic E-state index is 3.41. The fourth-order valence-corrected chi connectivity index (χ4v) is 6.54. The van der Waals surface area contributed by atoms with Crippen molar-refractivity contribution < 1.29 is 24.2 Å². The molecule has 1 heteroatoms. The van der Waals surface area contributed by atoms with Crippen molar-refractivity contribution in [2.75, 3.05) is 0 Å². The van der Waals surface area contributed by atoms with E-state index in [1.165, 1.54) is 96.1 Å². The zero-order chi connectivity index (χ0) is 29.9. The molecule has 0 spiro atoms. The molecule has 0 N–H and O–H groups in total. The van der Waals surface area contributed by atoms with E-state index in [0.717, 1.165) is 12.8 Å². The third kappa shape index (κ3) is 7.87. The van der Waals surface area contributed by atoms with Crippen molar-refractivity contribution in [1.82, 2.24) is 0 Å². The molecule has 0 aliphatic heterocycles. The SMILES string of the molecule is CCC1=C(CC)C(CC)[C-]=C1.CCc1ccc2c(c1)[cH-]c1cc(CC)ccc12.[Zr+2]=[C](c1ccccc1)c1ccccc1. The number of hydrogen-bond acceptors (Lipinski definition) is 0. The Hall–Kier alpha value is -3.02. The Labute approximate surface area is 268 Å². The number of hydrogen-bond donors (Lipinski definition) is 0. The molecule has 5 aromatic rings. The fraction of sp³-hybridized carbons (Fsp3) is 0.268. The summed E-state index contributed by atoms with van der Waals surface area (Å²) in [5.41, 5.74) is 8.65. The van der Waals surface area contributed by atoms with Gasteiger partial charge in [0.1, 0.15) is 0 Å². The summed E-state index contributed by atoms with van der Waals surface area (Å²) in [4.78, 5) is 0. The molecule has 1 unspecified atom stereocenters. The Morgan fingerprint density at radius 3 is 1.55 bits per heavy atom. The first-order chi connectivity index (χ1) is 20.5. The first-order valence-electron chi connectivity index (χ1n) is 15.6. The molecule has 0 bridgehead atoms. The quantitative estimate of drug-likeness (QED) is 0.158. The number of aryl methyl sites for hydroxylation is 2. The van der Waals surface area contributed by atoms with Gasteiger partial charge in [0.25, 0.3) is 0 Å². The summed E-state index contributed by atoms with van der Waals surface area (Å²) in [7, 11) is 0. The third-order valence-corrected chi connectivity index (χ3v) is 9.66. The molecular weight excluding hydrogens is 584 g/mol. The van der Waals surface area contributed by atoms with Crippen molar-refractivity contribution in [2.45, 2.75) is 66.7 Å². The van der Waals surface area contributed by atoms with Crippen LogP contribution >= 0.6 is 0 Å². The average Bonchev–Trinajstić information content (AvgIpc) is 3.65. The second-order valence-electron chi connectivity index (χ2n) is 10.8. The Bertz CT molecular complexity index is 1550. The molecule has 0 aromatic heterocycles. The predicted octanol–water partition coefficient (Wildman–Crippen LogP) is 11.1. The Balaban J connectivity index is 0.000000149. The monoisotopic (exact) mass is 626 g/mol. The Morgan fingerprint density at radius 2 is 1.14 bits per heavy atom. The van der Waals surface area contributed by atoms with Gasteiger partial charge in [-0.2, -0.15) is 11.1 Å². The van der Waals surface area contributed by atoms with Gasteiger partial charge in [-0.05, 0) is 12.8 Å². The Morgan fingerprint density at radius 1 is 0.643 bits per heavy atom. The van der Waals surface area contributed by atoms with Gasteiger partial charge in [-0.1, -0.05) is 95.2 Å². The first-order valence-corrected chi connectivity index (χ1v) is 16.9. The molecule has 0 heterocycles. The molecule has 0 saturated heterocycles. The zero-order valence-corrected chi connectivity index (χ0v) is 28.5. The summed E-state index contributed by atoms with van der Waals surface area (Å²) < 4.78 is 1.42. The van der Waals surface area contributed by atoms with Crippen LogP contribution in [0.3, 0.4) is 0 Å². The van der Waals surface area contributed by atoms with E-state index in [-0.39, 0.29) is 0 Å². The topological polar surface area (TPSA) is 0 Å². The molecule has 6 rings (SSSR count). The van der Waals surface area contributed by atoms with Crippen LogP contribution in [0.1, 0.15) is 76.1 Å². The van der Waals surface area contributed by atoms with Crippen LogP contribution in [-0.4, -0.2) is 3.21 Å².